The molecular formula is C11H15N5O. The minimum atomic E-state index is -0.147. The fourth-order valence-corrected chi connectivity index (χ4v) is 1.57. The number of rotatable bonds is 4. The van der Waals surface area contributed by atoms with Gasteiger partial charge in [-0.2, -0.15) is 5.10 Å². The van der Waals surface area contributed by atoms with Crippen LogP contribution in [0.2, 0.25) is 0 Å². The molecular weight excluding hydrogens is 218 g/mol. The van der Waals surface area contributed by atoms with Gasteiger partial charge in [-0.05, 0) is 25.3 Å². The molecule has 90 valence electrons. The van der Waals surface area contributed by atoms with Gasteiger partial charge in [-0.1, -0.05) is 0 Å². The van der Waals surface area contributed by atoms with Gasteiger partial charge in [0.05, 0.1) is 6.20 Å². The largest absolute Gasteiger partial charge is 0.337 e. The van der Waals surface area contributed by atoms with E-state index in [9.17, 15) is 4.79 Å². The first-order chi connectivity index (χ1) is 8.27. The maximum absolute atomic E-state index is 11.5. The molecule has 0 atom stereocenters. The van der Waals surface area contributed by atoms with Crippen LogP contribution in [0, 0.1) is 6.92 Å². The van der Waals surface area contributed by atoms with Gasteiger partial charge in [0, 0.05) is 24.6 Å². The van der Waals surface area contributed by atoms with Gasteiger partial charge in [-0.3, -0.25) is 9.67 Å². The van der Waals surface area contributed by atoms with Crippen molar-refractivity contribution in [3.05, 3.63) is 36.2 Å². The van der Waals surface area contributed by atoms with E-state index < -0.39 is 0 Å². The first-order valence-electron chi connectivity index (χ1n) is 5.52. The molecule has 2 aromatic rings. The number of hydrogen-bond donors (Lipinski definition) is 2. The summed E-state index contributed by atoms with van der Waals surface area (Å²) in [5.74, 6) is 0. The Morgan fingerprint density at radius 1 is 1.59 bits per heavy atom. The number of nitrogens with one attached hydrogen (secondary N) is 2. The highest BCUT2D eigenvalue weighted by molar-refractivity contribution is 5.76. The van der Waals surface area contributed by atoms with Gasteiger partial charge in [0.15, 0.2) is 0 Å². The Morgan fingerprint density at radius 3 is 3.12 bits per heavy atom. The van der Waals surface area contributed by atoms with Crippen LogP contribution in [0.15, 0.2) is 24.9 Å². The quantitative estimate of drug-likeness (QED) is 0.776. The molecule has 2 heterocycles. The molecule has 2 rings (SSSR count). The van der Waals surface area contributed by atoms with Crippen molar-refractivity contribution in [2.24, 2.45) is 0 Å². The second-order valence-corrected chi connectivity index (χ2v) is 3.83. The van der Waals surface area contributed by atoms with E-state index in [-0.39, 0.29) is 6.03 Å². The van der Waals surface area contributed by atoms with Gasteiger partial charge in [-0.25, -0.2) is 9.78 Å². The lowest BCUT2D eigenvalue weighted by Crippen LogP contribution is -2.28. The molecule has 0 unspecified atom stereocenters. The number of aromatic nitrogens is 4. The molecule has 1 amide bonds. The Kier molecular flexibility index (Phi) is 3.54. The fourth-order valence-electron chi connectivity index (χ4n) is 1.57. The summed E-state index contributed by atoms with van der Waals surface area (Å²) in [5, 5.41) is 9.66. The number of hydrogen-bond acceptors (Lipinski definition) is 3. The molecule has 0 radical (unpaired) electrons. The van der Waals surface area contributed by atoms with E-state index in [0.717, 1.165) is 18.5 Å². The highest BCUT2D eigenvalue weighted by Gasteiger charge is 2.03. The van der Waals surface area contributed by atoms with Crippen molar-refractivity contribution >= 4 is 6.03 Å². The highest BCUT2D eigenvalue weighted by Crippen LogP contribution is 2.04. The number of carbonyl (C=O) groups excluding carboxylic acids is 1. The van der Waals surface area contributed by atoms with Gasteiger partial charge in [0.2, 0.25) is 0 Å². The van der Waals surface area contributed by atoms with Crippen molar-refractivity contribution in [3.63, 3.8) is 0 Å². The molecule has 0 bridgehead atoms. The molecule has 17 heavy (non-hydrogen) atoms. The Hall–Kier alpha value is -2.11. The zero-order valence-electron chi connectivity index (χ0n) is 9.68. The molecule has 6 heteroatoms. The number of amides is 1. The molecule has 0 spiro atoms. The lowest BCUT2D eigenvalue weighted by atomic mass is 10.1. The van der Waals surface area contributed by atoms with E-state index in [0.29, 0.717) is 6.54 Å². The second-order valence-electron chi connectivity index (χ2n) is 3.83. The van der Waals surface area contributed by atoms with Crippen LogP contribution in [0.4, 0.5) is 4.79 Å². The Morgan fingerprint density at radius 2 is 2.47 bits per heavy atom. The van der Waals surface area contributed by atoms with Crippen LogP contribution in [0.1, 0.15) is 17.7 Å². The third kappa shape index (κ3) is 2.93. The van der Waals surface area contributed by atoms with Crippen LogP contribution in [0.3, 0.4) is 0 Å². The van der Waals surface area contributed by atoms with Crippen molar-refractivity contribution in [1.82, 2.24) is 25.1 Å². The molecule has 0 aliphatic heterocycles. The summed E-state index contributed by atoms with van der Waals surface area (Å²) in [6, 6.07) is -0.147. The van der Waals surface area contributed by atoms with E-state index in [4.69, 9.17) is 0 Å². The number of aromatic amines is 1. The van der Waals surface area contributed by atoms with Gasteiger partial charge in [0.25, 0.3) is 0 Å². The lowest BCUT2D eigenvalue weighted by Gasteiger charge is -2.04. The molecule has 0 saturated heterocycles. The van der Waals surface area contributed by atoms with Gasteiger partial charge >= 0.3 is 6.03 Å². The zero-order chi connectivity index (χ0) is 12.1. The summed E-state index contributed by atoms with van der Waals surface area (Å²) < 4.78 is 1.42. The normalized spacial score (nSPS) is 10.4. The zero-order valence-corrected chi connectivity index (χ0v) is 9.68. The molecule has 2 N–H and O–H groups in total. The van der Waals surface area contributed by atoms with Crippen molar-refractivity contribution in [1.29, 1.82) is 0 Å². The standard InChI is InChI=1S/C11H15N5O/c1-9-10(7-14-15-9)3-2-4-13-11(17)16-6-5-12-8-16/h5-8H,2-4H2,1H3,(H,13,17)(H,14,15). The maximum Gasteiger partial charge on any atom is 0.326 e. The number of imidazole rings is 1. The Labute approximate surface area is 99.1 Å². The van der Waals surface area contributed by atoms with Crippen LogP contribution in [-0.4, -0.2) is 32.3 Å². The van der Waals surface area contributed by atoms with Crippen LogP contribution in [0.25, 0.3) is 0 Å². The number of H-pyrrole nitrogens is 1. The van der Waals surface area contributed by atoms with Crippen LogP contribution >= 0.6 is 0 Å². The summed E-state index contributed by atoms with van der Waals surface area (Å²) in [6.07, 6.45) is 8.31. The SMILES string of the molecule is Cc1[nH]ncc1CCCNC(=O)n1ccnc1. The fraction of sp³-hybridized carbons (Fsp3) is 0.364. The third-order valence-corrected chi connectivity index (χ3v) is 2.57. The smallest absolute Gasteiger partial charge is 0.326 e. The topological polar surface area (TPSA) is 75.6 Å². The van der Waals surface area contributed by atoms with Gasteiger partial charge in [0.1, 0.15) is 6.33 Å². The predicted molar refractivity (Wildman–Crippen MR) is 62.7 cm³/mol. The minimum Gasteiger partial charge on any atom is -0.337 e. The van der Waals surface area contributed by atoms with Crippen molar-refractivity contribution in [2.75, 3.05) is 6.54 Å². The van der Waals surface area contributed by atoms with Crippen molar-refractivity contribution in [2.45, 2.75) is 19.8 Å². The molecule has 0 aliphatic rings. The van der Waals surface area contributed by atoms with E-state index in [1.54, 1.807) is 12.4 Å². The summed E-state index contributed by atoms with van der Waals surface area (Å²) in [7, 11) is 0. The molecule has 0 saturated carbocycles. The first-order valence-corrected chi connectivity index (χ1v) is 5.52. The molecule has 0 aromatic carbocycles. The molecule has 6 nitrogen and oxygen atoms in total. The van der Waals surface area contributed by atoms with Crippen LogP contribution < -0.4 is 5.32 Å². The van der Waals surface area contributed by atoms with Crippen molar-refractivity contribution < 1.29 is 4.79 Å². The van der Waals surface area contributed by atoms with Crippen LogP contribution in [-0.2, 0) is 6.42 Å². The summed E-state index contributed by atoms with van der Waals surface area (Å²) in [4.78, 5) is 15.3. The lowest BCUT2D eigenvalue weighted by molar-refractivity contribution is 0.242. The predicted octanol–water partition coefficient (Wildman–Crippen LogP) is 1.11. The van der Waals surface area contributed by atoms with Crippen LogP contribution in [0.5, 0.6) is 0 Å². The average Bonchev–Trinajstić information content (AvgIpc) is 2.96. The number of carbonyl (C=O) groups is 1. The van der Waals surface area contributed by atoms with Gasteiger partial charge < -0.3 is 5.32 Å². The maximum atomic E-state index is 11.5. The van der Waals surface area contributed by atoms with E-state index in [1.807, 2.05) is 13.1 Å². The number of nitrogens with zero attached hydrogens (tertiary/aromatic N) is 3. The Balaban J connectivity index is 1.70. The van der Waals surface area contributed by atoms with Crippen molar-refractivity contribution in [3.8, 4) is 0 Å². The molecule has 0 fully saturated rings. The monoisotopic (exact) mass is 233 g/mol. The number of aryl methyl sites for hydroxylation is 2. The van der Waals surface area contributed by atoms with E-state index in [1.165, 1.54) is 16.5 Å². The van der Waals surface area contributed by atoms with E-state index in [2.05, 4.69) is 20.5 Å². The average molecular weight is 233 g/mol. The molecule has 2 aromatic heterocycles. The van der Waals surface area contributed by atoms with E-state index >= 15 is 0 Å². The Bertz CT molecular complexity index is 474. The summed E-state index contributed by atoms with van der Waals surface area (Å²) >= 11 is 0. The first kappa shape index (κ1) is 11.4. The summed E-state index contributed by atoms with van der Waals surface area (Å²) in [6.45, 7) is 2.63. The summed E-state index contributed by atoms with van der Waals surface area (Å²) in [5.41, 5.74) is 2.29. The molecule has 0 aliphatic carbocycles. The van der Waals surface area contributed by atoms with Gasteiger partial charge in [-0.15, -0.1) is 0 Å². The second kappa shape index (κ2) is 5.29. The minimum absolute atomic E-state index is 0.147. The third-order valence-electron chi connectivity index (χ3n) is 2.57. The highest BCUT2D eigenvalue weighted by atomic mass is 16.2.